The van der Waals surface area contributed by atoms with Crippen LogP contribution in [0, 0.1) is 5.82 Å². The molecule has 2 aromatic rings. The zero-order valence-corrected chi connectivity index (χ0v) is 17.0. The van der Waals surface area contributed by atoms with Gasteiger partial charge in [-0.2, -0.15) is 0 Å². The SMILES string of the molecule is CNC(=O)[C@@H](C)N(Cc1c(Cl)cccc1Cl)C(=O)Cc1c(F)cccc1Cl. The predicted molar refractivity (Wildman–Crippen MR) is 106 cm³/mol. The number of amides is 2. The summed E-state index contributed by atoms with van der Waals surface area (Å²) in [6.07, 6.45) is -0.297. The van der Waals surface area contributed by atoms with Gasteiger partial charge in [-0.25, -0.2) is 4.39 Å². The van der Waals surface area contributed by atoms with Crippen molar-refractivity contribution in [3.8, 4) is 0 Å². The first-order chi connectivity index (χ1) is 12.8. The summed E-state index contributed by atoms with van der Waals surface area (Å²) in [5.41, 5.74) is 0.577. The topological polar surface area (TPSA) is 49.4 Å². The van der Waals surface area contributed by atoms with Gasteiger partial charge in [0.15, 0.2) is 0 Å². The van der Waals surface area contributed by atoms with Crippen LogP contribution in [0.1, 0.15) is 18.1 Å². The monoisotopic (exact) mass is 430 g/mol. The van der Waals surface area contributed by atoms with E-state index in [1.54, 1.807) is 25.1 Å². The Hall–Kier alpha value is -1.82. The van der Waals surface area contributed by atoms with Gasteiger partial charge in [0.25, 0.3) is 0 Å². The number of hydrogen-bond acceptors (Lipinski definition) is 2. The van der Waals surface area contributed by atoms with Crippen molar-refractivity contribution < 1.29 is 14.0 Å². The zero-order valence-electron chi connectivity index (χ0n) is 14.7. The van der Waals surface area contributed by atoms with Gasteiger partial charge < -0.3 is 10.2 Å². The van der Waals surface area contributed by atoms with Gasteiger partial charge in [0.1, 0.15) is 11.9 Å². The van der Waals surface area contributed by atoms with Gasteiger partial charge in [0, 0.05) is 39.8 Å². The molecule has 0 aliphatic carbocycles. The van der Waals surface area contributed by atoms with Crippen molar-refractivity contribution in [3.05, 3.63) is 68.4 Å². The van der Waals surface area contributed by atoms with Crippen molar-refractivity contribution in [2.24, 2.45) is 0 Å². The summed E-state index contributed by atoms with van der Waals surface area (Å²) in [5, 5.41) is 3.39. The molecule has 1 N–H and O–H groups in total. The second-order valence-electron chi connectivity index (χ2n) is 5.89. The molecule has 0 aliphatic heterocycles. The molecular weight excluding hydrogens is 414 g/mol. The van der Waals surface area contributed by atoms with Gasteiger partial charge in [-0.15, -0.1) is 0 Å². The van der Waals surface area contributed by atoms with Crippen LogP contribution in [0.5, 0.6) is 0 Å². The van der Waals surface area contributed by atoms with Crippen LogP contribution in [0.25, 0.3) is 0 Å². The first kappa shape index (κ1) is 21.5. The molecule has 0 aliphatic rings. The minimum atomic E-state index is -0.819. The van der Waals surface area contributed by atoms with Crippen LogP contribution >= 0.6 is 34.8 Å². The third kappa shape index (κ3) is 5.12. The van der Waals surface area contributed by atoms with Crippen LogP contribution in [0.15, 0.2) is 36.4 Å². The van der Waals surface area contributed by atoms with Crippen molar-refractivity contribution >= 4 is 46.6 Å². The molecule has 8 heteroatoms. The van der Waals surface area contributed by atoms with E-state index in [2.05, 4.69) is 5.32 Å². The Bertz CT molecular complexity index is 820. The summed E-state index contributed by atoms with van der Waals surface area (Å²) >= 11 is 18.4. The minimum Gasteiger partial charge on any atom is -0.357 e. The highest BCUT2D eigenvalue weighted by Crippen LogP contribution is 2.27. The molecule has 0 heterocycles. The minimum absolute atomic E-state index is 0.00199. The lowest BCUT2D eigenvalue weighted by molar-refractivity contribution is -0.139. The maximum atomic E-state index is 14.1. The molecule has 27 heavy (non-hydrogen) atoms. The molecule has 0 bridgehead atoms. The van der Waals surface area contributed by atoms with Gasteiger partial charge in [-0.3, -0.25) is 9.59 Å². The standard InChI is InChI=1S/C19H18Cl3FN2O2/c1-11(19(27)24-2)25(10-13-15(21)5-3-6-16(13)22)18(26)9-12-14(20)7-4-8-17(12)23/h3-8,11H,9-10H2,1-2H3,(H,24,27)/t11-/m1/s1. The van der Waals surface area contributed by atoms with Gasteiger partial charge in [0.2, 0.25) is 11.8 Å². The van der Waals surface area contributed by atoms with E-state index in [-0.39, 0.29) is 29.5 Å². The normalized spacial score (nSPS) is 11.8. The number of carbonyl (C=O) groups excluding carboxylic acids is 2. The molecule has 1 atom stereocenters. The summed E-state index contributed by atoms with van der Waals surface area (Å²) in [5.74, 6) is -1.43. The number of likely N-dealkylation sites (N-methyl/N-ethyl adjacent to an activating group) is 1. The molecule has 4 nitrogen and oxygen atoms in total. The second-order valence-corrected chi connectivity index (χ2v) is 7.11. The molecule has 2 amide bonds. The van der Waals surface area contributed by atoms with Gasteiger partial charge in [-0.05, 0) is 31.2 Å². The largest absolute Gasteiger partial charge is 0.357 e. The molecule has 0 spiro atoms. The molecule has 0 saturated heterocycles. The number of carbonyl (C=O) groups is 2. The maximum absolute atomic E-state index is 14.1. The number of nitrogens with zero attached hydrogens (tertiary/aromatic N) is 1. The highest BCUT2D eigenvalue weighted by Gasteiger charge is 2.28. The number of benzene rings is 2. The average molecular weight is 432 g/mol. The predicted octanol–water partition coefficient (Wildman–Crippen LogP) is 4.49. The van der Waals surface area contributed by atoms with E-state index in [1.165, 1.54) is 30.1 Å². The molecular formula is C19H18Cl3FN2O2. The highest BCUT2D eigenvalue weighted by atomic mass is 35.5. The Morgan fingerprint density at radius 2 is 1.56 bits per heavy atom. The van der Waals surface area contributed by atoms with Crippen LogP contribution in [-0.2, 0) is 22.6 Å². The van der Waals surface area contributed by atoms with Crippen molar-refractivity contribution in [2.45, 2.75) is 25.9 Å². The fourth-order valence-electron chi connectivity index (χ4n) is 2.60. The summed E-state index contributed by atoms with van der Waals surface area (Å²) in [6, 6.07) is 8.34. The van der Waals surface area contributed by atoms with Crippen LogP contribution < -0.4 is 5.32 Å². The van der Waals surface area contributed by atoms with Crippen molar-refractivity contribution in [2.75, 3.05) is 7.05 Å². The van der Waals surface area contributed by atoms with E-state index in [9.17, 15) is 14.0 Å². The van der Waals surface area contributed by atoms with Crippen molar-refractivity contribution in [3.63, 3.8) is 0 Å². The maximum Gasteiger partial charge on any atom is 0.242 e. The fourth-order valence-corrected chi connectivity index (χ4v) is 3.35. The first-order valence-electron chi connectivity index (χ1n) is 8.13. The lowest BCUT2D eigenvalue weighted by Crippen LogP contribution is -2.47. The van der Waals surface area contributed by atoms with E-state index in [4.69, 9.17) is 34.8 Å². The summed E-state index contributed by atoms with van der Waals surface area (Å²) in [4.78, 5) is 26.4. The highest BCUT2D eigenvalue weighted by molar-refractivity contribution is 6.36. The summed E-state index contributed by atoms with van der Waals surface area (Å²) in [6.45, 7) is 1.57. The van der Waals surface area contributed by atoms with Crippen LogP contribution in [0.3, 0.4) is 0 Å². The Morgan fingerprint density at radius 3 is 2.07 bits per heavy atom. The molecule has 0 unspecified atom stereocenters. The van der Waals surface area contributed by atoms with Gasteiger partial charge in [0.05, 0.1) is 6.42 Å². The molecule has 144 valence electrons. The number of rotatable bonds is 6. The van der Waals surface area contributed by atoms with E-state index in [1.807, 2.05) is 0 Å². The third-order valence-electron chi connectivity index (χ3n) is 4.19. The summed E-state index contributed by atoms with van der Waals surface area (Å²) in [7, 11) is 1.47. The van der Waals surface area contributed by atoms with E-state index >= 15 is 0 Å². The van der Waals surface area contributed by atoms with Crippen LogP contribution in [-0.4, -0.2) is 29.8 Å². The smallest absolute Gasteiger partial charge is 0.242 e. The van der Waals surface area contributed by atoms with Gasteiger partial charge >= 0.3 is 0 Å². The lowest BCUT2D eigenvalue weighted by atomic mass is 10.1. The van der Waals surface area contributed by atoms with Crippen LogP contribution in [0.2, 0.25) is 15.1 Å². The van der Waals surface area contributed by atoms with Crippen molar-refractivity contribution in [1.82, 2.24) is 10.2 Å². The second kappa shape index (κ2) is 9.40. The van der Waals surface area contributed by atoms with Crippen molar-refractivity contribution in [1.29, 1.82) is 0 Å². The number of hydrogen-bond donors (Lipinski definition) is 1. The third-order valence-corrected chi connectivity index (χ3v) is 5.26. The Morgan fingerprint density at radius 1 is 1.04 bits per heavy atom. The molecule has 0 saturated carbocycles. The molecule has 2 rings (SSSR count). The summed E-state index contributed by atoms with van der Waals surface area (Å²) < 4.78 is 14.1. The molecule has 0 aromatic heterocycles. The average Bonchev–Trinajstić information content (AvgIpc) is 2.63. The van der Waals surface area contributed by atoms with E-state index in [0.29, 0.717) is 15.6 Å². The molecule has 0 radical (unpaired) electrons. The lowest BCUT2D eigenvalue weighted by Gasteiger charge is -2.29. The Kier molecular flexibility index (Phi) is 7.48. The van der Waals surface area contributed by atoms with Crippen LogP contribution in [0.4, 0.5) is 4.39 Å². The zero-order chi connectivity index (χ0) is 20.1. The van der Waals surface area contributed by atoms with Gasteiger partial charge in [-0.1, -0.05) is 46.9 Å². The first-order valence-corrected chi connectivity index (χ1v) is 9.26. The molecule has 0 fully saturated rings. The number of nitrogens with one attached hydrogen (secondary N) is 1. The number of halogens is 4. The van der Waals surface area contributed by atoms with E-state index < -0.39 is 17.8 Å². The van der Waals surface area contributed by atoms with E-state index in [0.717, 1.165) is 0 Å². The fraction of sp³-hybridized carbons (Fsp3) is 0.263. The Labute approximate surface area is 172 Å². The Balaban J connectivity index is 2.37. The quantitative estimate of drug-likeness (QED) is 0.732. The molecule has 2 aromatic carbocycles.